The molecule has 0 bridgehead atoms. The summed E-state index contributed by atoms with van der Waals surface area (Å²) in [6.07, 6.45) is -3.76. The number of rotatable bonds is 1. The van der Waals surface area contributed by atoms with Gasteiger partial charge in [-0.1, -0.05) is 0 Å². The van der Waals surface area contributed by atoms with Crippen LogP contribution in [-0.4, -0.2) is 18.2 Å². The van der Waals surface area contributed by atoms with Crippen LogP contribution < -0.4 is 11.1 Å². The van der Waals surface area contributed by atoms with Crippen molar-refractivity contribution in [2.24, 2.45) is 11.7 Å². The van der Waals surface area contributed by atoms with Gasteiger partial charge in [-0.25, -0.2) is 4.79 Å². The standard InChI is InChI=1S/C7H11F3N2O/c8-7(9,10)4-1-2-5(3-4)12-6(11)13/h4-5H,1-3H2,(H3,11,12,13)/t4-,5+/m0/s1. The van der Waals surface area contributed by atoms with Gasteiger partial charge in [0.05, 0.1) is 5.92 Å². The second-order valence-electron chi connectivity index (χ2n) is 3.26. The van der Waals surface area contributed by atoms with Crippen molar-refractivity contribution in [1.82, 2.24) is 5.32 Å². The molecule has 0 aliphatic heterocycles. The zero-order valence-corrected chi connectivity index (χ0v) is 6.90. The van der Waals surface area contributed by atoms with Gasteiger partial charge in [-0.3, -0.25) is 0 Å². The van der Waals surface area contributed by atoms with E-state index in [1.165, 1.54) is 0 Å². The fourth-order valence-corrected chi connectivity index (χ4v) is 1.61. The largest absolute Gasteiger partial charge is 0.391 e. The molecular formula is C7H11F3N2O. The van der Waals surface area contributed by atoms with E-state index in [-0.39, 0.29) is 12.8 Å². The van der Waals surface area contributed by atoms with Gasteiger partial charge in [0.15, 0.2) is 0 Å². The van der Waals surface area contributed by atoms with Crippen LogP contribution in [0.25, 0.3) is 0 Å². The summed E-state index contributed by atoms with van der Waals surface area (Å²) in [6.45, 7) is 0. The van der Waals surface area contributed by atoms with Gasteiger partial charge in [0.2, 0.25) is 0 Å². The third-order valence-electron chi connectivity index (χ3n) is 2.24. The van der Waals surface area contributed by atoms with Crippen LogP contribution in [0.5, 0.6) is 0 Å². The monoisotopic (exact) mass is 196 g/mol. The zero-order valence-electron chi connectivity index (χ0n) is 6.90. The number of primary amides is 1. The predicted molar refractivity (Wildman–Crippen MR) is 39.9 cm³/mol. The van der Waals surface area contributed by atoms with Crippen LogP contribution in [-0.2, 0) is 0 Å². The predicted octanol–water partition coefficient (Wildman–Crippen LogP) is 1.39. The third kappa shape index (κ3) is 2.78. The summed E-state index contributed by atoms with van der Waals surface area (Å²) < 4.78 is 36.4. The normalized spacial score (nSPS) is 28.8. The fraction of sp³-hybridized carbons (Fsp3) is 0.857. The number of nitrogens with one attached hydrogen (secondary N) is 1. The number of halogens is 3. The fourth-order valence-electron chi connectivity index (χ4n) is 1.61. The molecule has 1 fully saturated rings. The summed E-state index contributed by atoms with van der Waals surface area (Å²) in [5, 5.41) is 2.28. The number of amides is 2. The molecule has 1 aliphatic carbocycles. The van der Waals surface area contributed by atoms with Crippen molar-refractivity contribution in [3.05, 3.63) is 0 Å². The summed E-state index contributed by atoms with van der Waals surface area (Å²) in [4.78, 5) is 10.3. The van der Waals surface area contributed by atoms with Gasteiger partial charge < -0.3 is 11.1 Å². The molecule has 2 amide bonds. The molecule has 6 heteroatoms. The summed E-state index contributed by atoms with van der Waals surface area (Å²) in [7, 11) is 0. The van der Waals surface area contributed by atoms with E-state index in [4.69, 9.17) is 5.73 Å². The molecule has 0 aromatic heterocycles. The lowest BCUT2D eigenvalue weighted by molar-refractivity contribution is -0.172. The highest BCUT2D eigenvalue weighted by Gasteiger charge is 2.44. The first-order valence-corrected chi connectivity index (χ1v) is 4.02. The van der Waals surface area contributed by atoms with E-state index in [0.717, 1.165) is 0 Å². The maximum absolute atomic E-state index is 12.1. The second-order valence-corrected chi connectivity index (χ2v) is 3.26. The highest BCUT2D eigenvalue weighted by molar-refractivity contribution is 5.71. The van der Waals surface area contributed by atoms with Gasteiger partial charge in [0.1, 0.15) is 0 Å². The van der Waals surface area contributed by atoms with Gasteiger partial charge in [-0.2, -0.15) is 13.2 Å². The van der Waals surface area contributed by atoms with Gasteiger partial charge in [0, 0.05) is 6.04 Å². The minimum absolute atomic E-state index is 0.0492. The average Bonchev–Trinajstić information content (AvgIpc) is 2.32. The van der Waals surface area contributed by atoms with Gasteiger partial charge in [0.25, 0.3) is 0 Å². The summed E-state index contributed by atoms with van der Waals surface area (Å²) in [6, 6.07) is -1.17. The van der Waals surface area contributed by atoms with E-state index < -0.39 is 24.2 Å². The highest BCUT2D eigenvalue weighted by Crippen LogP contribution is 2.38. The number of carbonyl (C=O) groups is 1. The summed E-state index contributed by atoms with van der Waals surface area (Å²) in [5.41, 5.74) is 4.80. The van der Waals surface area contributed by atoms with Gasteiger partial charge in [-0.05, 0) is 19.3 Å². The van der Waals surface area contributed by atoms with Crippen molar-refractivity contribution in [1.29, 1.82) is 0 Å². The number of hydrogen-bond donors (Lipinski definition) is 2. The smallest absolute Gasteiger partial charge is 0.352 e. The Balaban J connectivity index is 2.41. The van der Waals surface area contributed by atoms with E-state index >= 15 is 0 Å². The van der Waals surface area contributed by atoms with Crippen LogP contribution in [0.2, 0.25) is 0 Å². The molecule has 3 nitrogen and oxygen atoms in total. The Kier molecular flexibility index (Phi) is 2.68. The van der Waals surface area contributed by atoms with Crippen molar-refractivity contribution in [3.8, 4) is 0 Å². The zero-order chi connectivity index (χ0) is 10.1. The molecule has 0 heterocycles. The Hall–Kier alpha value is -0.940. The maximum atomic E-state index is 12.1. The Morgan fingerprint density at radius 3 is 2.38 bits per heavy atom. The minimum atomic E-state index is -4.14. The quantitative estimate of drug-likeness (QED) is 0.654. The molecule has 0 radical (unpaired) electrons. The van der Waals surface area contributed by atoms with Crippen LogP contribution in [0.3, 0.4) is 0 Å². The van der Waals surface area contributed by atoms with E-state index in [0.29, 0.717) is 6.42 Å². The molecule has 0 aromatic rings. The second kappa shape index (κ2) is 3.43. The number of alkyl halides is 3. The molecule has 1 saturated carbocycles. The molecule has 76 valence electrons. The molecule has 3 N–H and O–H groups in total. The van der Waals surface area contributed by atoms with E-state index in [2.05, 4.69) is 5.32 Å². The molecule has 0 unspecified atom stereocenters. The molecule has 13 heavy (non-hydrogen) atoms. The lowest BCUT2D eigenvalue weighted by Crippen LogP contribution is -2.37. The average molecular weight is 196 g/mol. The summed E-state index contributed by atoms with van der Waals surface area (Å²) >= 11 is 0. The van der Waals surface area contributed by atoms with Gasteiger partial charge in [-0.15, -0.1) is 0 Å². The topological polar surface area (TPSA) is 55.1 Å². The third-order valence-corrected chi connectivity index (χ3v) is 2.24. The van der Waals surface area contributed by atoms with E-state index in [9.17, 15) is 18.0 Å². The van der Waals surface area contributed by atoms with Crippen molar-refractivity contribution in [3.63, 3.8) is 0 Å². The van der Waals surface area contributed by atoms with Crippen LogP contribution in [0.15, 0.2) is 0 Å². The molecule has 1 rings (SSSR count). The molecule has 1 aliphatic rings. The van der Waals surface area contributed by atoms with E-state index in [1.54, 1.807) is 0 Å². The minimum Gasteiger partial charge on any atom is -0.352 e. The van der Waals surface area contributed by atoms with Crippen LogP contribution in [0.1, 0.15) is 19.3 Å². The molecular weight excluding hydrogens is 185 g/mol. The first-order chi connectivity index (χ1) is 5.89. The van der Waals surface area contributed by atoms with Crippen molar-refractivity contribution < 1.29 is 18.0 Å². The Morgan fingerprint density at radius 1 is 1.38 bits per heavy atom. The van der Waals surface area contributed by atoms with Crippen LogP contribution >= 0.6 is 0 Å². The lowest BCUT2D eigenvalue weighted by atomic mass is 10.1. The molecule has 2 atom stereocenters. The van der Waals surface area contributed by atoms with Crippen molar-refractivity contribution in [2.45, 2.75) is 31.5 Å². The first-order valence-electron chi connectivity index (χ1n) is 4.02. The number of carbonyl (C=O) groups excluding carboxylic acids is 1. The Bertz CT molecular complexity index is 204. The molecule has 0 saturated heterocycles. The Labute approximate surface area is 73.5 Å². The maximum Gasteiger partial charge on any atom is 0.391 e. The number of hydrogen-bond acceptors (Lipinski definition) is 1. The SMILES string of the molecule is NC(=O)N[C@@H]1CC[C@H](C(F)(F)F)C1. The van der Waals surface area contributed by atoms with Crippen molar-refractivity contribution >= 4 is 6.03 Å². The first kappa shape index (κ1) is 10.1. The van der Waals surface area contributed by atoms with Crippen LogP contribution in [0, 0.1) is 5.92 Å². The van der Waals surface area contributed by atoms with Crippen molar-refractivity contribution in [2.75, 3.05) is 0 Å². The highest BCUT2D eigenvalue weighted by atomic mass is 19.4. The van der Waals surface area contributed by atoms with E-state index in [1.807, 2.05) is 0 Å². The van der Waals surface area contributed by atoms with Gasteiger partial charge >= 0.3 is 12.2 Å². The molecule has 0 spiro atoms. The summed E-state index contributed by atoms with van der Waals surface area (Å²) in [5.74, 6) is -1.29. The Morgan fingerprint density at radius 2 is 2.00 bits per heavy atom. The lowest BCUT2D eigenvalue weighted by Gasteiger charge is -2.14. The molecule has 0 aromatic carbocycles. The number of urea groups is 1. The van der Waals surface area contributed by atoms with Crippen LogP contribution in [0.4, 0.5) is 18.0 Å². The number of nitrogens with two attached hydrogens (primary N) is 1.